The van der Waals surface area contributed by atoms with Gasteiger partial charge in [-0.2, -0.15) is 0 Å². The van der Waals surface area contributed by atoms with Gasteiger partial charge < -0.3 is 23.8 Å². The molecular weight excluding hydrogens is 558 g/mol. The Morgan fingerprint density at radius 3 is 1.82 bits per heavy atom. The van der Waals surface area contributed by atoms with Gasteiger partial charge >= 0.3 is 17.9 Å². The highest BCUT2D eigenvalue weighted by Gasteiger charge is 2.31. The molecule has 2 atom stereocenters. The second kappa shape index (κ2) is 28.3. The maximum absolute atomic E-state index is 12.5. The number of rotatable bonds is 30. The number of likely N-dealkylation sites (N-methyl/N-ethyl adjacent to an activating group) is 1. The van der Waals surface area contributed by atoms with E-state index in [0.717, 1.165) is 32.1 Å². The van der Waals surface area contributed by atoms with Crippen molar-refractivity contribution >= 4 is 17.9 Å². The van der Waals surface area contributed by atoms with Crippen LogP contribution in [0.2, 0.25) is 0 Å². The molecule has 0 amide bonds. The normalized spacial score (nSPS) is 13.4. The van der Waals surface area contributed by atoms with Gasteiger partial charge in [-0.3, -0.25) is 9.59 Å². The minimum absolute atomic E-state index is 0.0406. The van der Waals surface area contributed by atoms with Crippen LogP contribution in [0.3, 0.4) is 0 Å². The van der Waals surface area contributed by atoms with Crippen molar-refractivity contribution in [1.29, 1.82) is 0 Å². The molecule has 0 saturated heterocycles. The van der Waals surface area contributed by atoms with Crippen molar-refractivity contribution in [3.05, 3.63) is 24.3 Å². The number of carbonyl (C=O) groups is 3. The molecule has 0 rings (SSSR count). The van der Waals surface area contributed by atoms with Crippen molar-refractivity contribution in [2.75, 3.05) is 41.0 Å². The van der Waals surface area contributed by atoms with Crippen LogP contribution in [0, 0.1) is 0 Å². The second-order valence-corrected chi connectivity index (χ2v) is 12.7. The van der Waals surface area contributed by atoms with E-state index in [2.05, 4.69) is 26.0 Å². The molecule has 0 saturated carbocycles. The van der Waals surface area contributed by atoms with E-state index in [9.17, 15) is 19.5 Å². The molecule has 8 heteroatoms. The highest BCUT2D eigenvalue weighted by atomic mass is 16.6. The van der Waals surface area contributed by atoms with Crippen LogP contribution in [0.4, 0.5) is 0 Å². The average Bonchev–Trinajstić information content (AvgIpc) is 2.96. The van der Waals surface area contributed by atoms with E-state index in [0.29, 0.717) is 19.3 Å². The number of carbonyl (C=O) groups excluding carboxylic acids is 2. The van der Waals surface area contributed by atoms with Crippen LogP contribution in [-0.4, -0.2) is 80.6 Å². The highest BCUT2D eigenvalue weighted by Crippen LogP contribution is 2.14. The summed E-state index contributed by atoms with van der Waals surface area (Å²) in [6.45, 7) is 4.50. The van der Waals surface area contributed by atoms with Crippen LogP contribution in [0.1, 0.15) is 136 Å². The molecule has 0 aromatic carbocycles. The maximum atomic E-state index is 12.5. The summed E-state index contributed by atoms with van der Waals surface area (Å²) in [4.78, 5) is 36.5. The number of hydrogen-bond donors (Lipinski definition) is 1. The lowest BCUT2D eigenvalue weighted by atomic mass is 10.0. The number of esters is 2. The number of hydrogen-bond acceptors (Lipinski definition) is 6. The SMILES string of the molecule is CC/C=C/C/C=C/CCC(=O)OC(COCCC(C(=O)O)[N+](C)(C)C)COC(=O)CCCCCCCCCCCCCCC. The summed E-state index contributed by atoms with van der Waals surface area (Å²) in [5.41, 5.74) is 0. The summed E-state index contributed by atoms with van der Waals surface area (Å²) in [6, 6.07) is -0.617. The van der Waals surface area contributed by atoms with Crippen LogP contribution in [0.15, 0.2) is 24.3 Å². The molecule has 0 aliphatic carbocycles. The number of unbranched alkanes of at least 4 members (excludes halogenated alkanes) is 12. The van der Waals surface area contributed by atoms with Crippen LogP contribution in [-0.2, 0) is 28.6 Å². The lowest BCUT2D eigenvalue weighted by Crippen LogP contribution is -2.50. The number of nitrogens with zero attached hydrogens (tertiary/aromatic N) is 1. The molecule has 0 radical (unpaired) electrons. The van der Waals surface area contributed by atoms with E-state index in [-0.39, 0.29) is 42.7 Å². The van der Waals surface area contributed by atoms with E-state index in [1.54, 1.807) is 0 Å². The Balaban J connectivity index is 4.42. The van der Waals surface area contributed by atoms with E-state index in [4.69, 9.17) is 14.2 Å². The fourth-order valence-electron chi connectivity index (χ4n) is 4.91. The van der Waals surface area contributed by atoms with Crippen molar-refractivity contribution in [2.45, 2.75) is 148 Å². The molecule has 0 aliphatic heterocycles. The molecule has 2 unspecified atom stereocenters. The molecule has 0 spiro atoms. The van der Waals surface area contributed by atoms with Crippen LogP contribution in [0.25, 0.3) is 0 Å². The van der Waals surface area contributed by atoms with Crippen molar-refractivity contribution in [2.24, 2.45) is 0 Å². The first-order valence-corrected chi connectivity index (χ1v) is 17.4. The molecule has 0 heterocycles. The first-order chi connectivity index (χ1) is 21.1. The summed E-state index contributed by atoms with van der Waals surface area (Å²) in [5.74, 6) is -1.56. The van der Waals surface area contributed by atoms with Gasteiger partial charge in [0.2, 0.25) is 0 Å². The summed E-state index contributed by atoms with van der Waals surface area (Å²) >= 11 is 0. The van der Waals surface area contributed by atoms with Crippen LogP contribution < -0.4 is 0 Å². The monoisotopic (exact) mass is 624 g/mol. The largest absolute Gasteiger partial charge is 0.477 e. The van der Waals surface area contributed by atoms with Gasteiger partial charge in [-0.05, 0) is 25.7 Å². The molecular formula is C36H66NO7+. The molecule has 1 N–H and O–H groups in total. The zero-order valence-corrected chi connectivity index (χ0v) is 28.9. The summed E-state index contributed by atoms with van der Waals surface area (Å²) in [5, 5.41) is 9.53. The van der Waals surface area contributed by atoms with Gasteiger partial charge in [-0.25, -0.2) is 4.79 Å². The molecule has 0 aromatic rings. The Labute approximate surface area is 269 Å². The molecule has 256 valence electrons. The molecule has 0 fully saturated rings. The first kappa shape index (κ1) is 41.8. The standard InChI is InChI=1S/C36H65NO7/c1-6-8-10-12-14-15-16-17-18-19-21-22-24-26-34(38)43-31-32(30-42-29-28-33(36(40)41)37(3,4)5)44-35(39)27-25-23-20-13-11-9-7-2/h9,11,20,23,32-33H,6-8,10,12-19,21-22,24-31H2,1-5H3/p+1/b11-9+,23-20+. The number of aliphatic carboxylic acids is 1. The first-order valence-electron chi connectivity index (χ1n) is 17.4. The van der Waals surface area contributed by atoms with E-state index < -0.39 is 18.1 Å². The van der Waals surface area contributed by atoms with Crippen molar-refractivity contribution in [3.8, 4) is 0 Å². The Morgan fingerprint density at radius 1 is 0.705 bits per heavy atom. The Bertz CT molecular complexity index is 788. The lowest BCUT2D eigenvalue weighted by Gasteiger charge is -2.31. The van der Waals surface area contributed by atoms with Gasteiger partial charge in [-0.15, -0.1) is 0 Å². The van der Waals surface area contributed by atoms with Crippen molar-refractivity contribution in [3.63, 3.8) is 0 Å². The topological polar surface area (TPSA) is 99.1 Å². The smallest absolute Gasteiger partial charge is 0.362 e. The fourth-order valence-corrected chi connectivity index (χ4v) is 4.91. The Morgan fingerprint density at radius 2 is 1.27 bits per heavy atom. The Kier molecular flexibility index (Phi) is 26.9. The quantitative estimate of drug-likeness (QED) is 0.0372. The minimum atomic E-state index is -0.885. The summed E-state index contributed by atoms with van der Waals surface area (Å²) in [6.07, 6.45) is 26.9. The number of carboxylic acids is 1. The number of allylic oxidation sites excluding steroid dienone is 4. The van der Waals surface area contributed by atoms with E-state index >= 15 is 0 Å². The lowest BCUT2D eigenvalue weighted by molar-refractivity contribution is -0.887. The number of carboxylic acid groups (broad SMARTS) is 1. The molecule has 44 heavy (non-hydrogen) atoms. The van der Waals surface area contributed by atoms with Gasteiger partial charge in [0.15, 0.2) is 12.1 Å². The third-order valence-corrected chi connectivity index (χ3v) is 7.63. The van der Waals surface area contributed by atoms with Crippen LogP contribution in [0.5, 0.6) is 0 Å². The summed E-state index contributed by atoms with van der Waals surface area (Å²) < 4.78 is 17.0. The molecule has 0 bridgehead atoms. The average molecular weight is 625 g/mol. The van der Waals surface area contributed by atoms with Gasteiger partial charge in [0.1, 0.15) is 6.61 Å². The second-order valence-electron chi connectivity index (χ2n) is 12.7. The third-order valence-electron chi connectivity index (χ3n) is 7.63. The van der Waals surface area contributed by atoms with E-state index in [1.165, 1.54) is 64.2 Å². The minimum Gasteiger partial charge on any atom is -0.477 e. The van der Waals surface area contributed by atoms with Crippen LogP contribution >= 0.6 is 0 Å². The van der Waals surface area contributed by atoms with Crippen molar-refractivity contribution in [1.82, 2.24) is 0 Å². The molecule has 0 aromatic heterocycles. The number of quaternary nitrogens is 1. The van der Waals surface area contributed by atoms with Crippen molar-refractivity contribution < 1.29 is 38.2 Å². The predicted molar refractivity (Wildman–Crippen MR) is 178 cm³/mol. The van der Waals surface area contributed by atoms with E-state index in [1.807, 2.05) is 33.3 Å². The van der Waals surface area contributed by atoms with Gasteiger partial charge in [-0.1, -0.05) is 115 Å². The number of ether oxygens (including phenoxy) is 3. The highest BCUT2D eigenvalue weighted by molar-refractivity contribution is 5.72. The maximum Gasteiger partial charge on any atom is 0.362 e. The zero-order chi connectivity index (χ0) is 32.9. The van der Waals surface area contributed by atoms with Gasteiger partial charge in [0, 0.05) is 19.3 Å². The van der Waals surface area contributed by atoms with Gasteiger partial charge in [0.05, 0.1) is 34.4 Å². The third kappa shape index (κ3) is 26.2. The predicted octanol–water partition coefficient (Wildman–Crippen LogP) is 8.18. The summed E-state index contributed by atoms with van der Waals surface area (Å²) in [7, 11) is 5.48. The zero-order valence-electron chi connectivity index (χ0n) is 28.9. The molecule has 0 aliphatic rings. The fraction of sp³-hybridized carbons (Fsp3) is 0.806. The Hall–Kier alpha value is -2.19. The molecule has 8 nitrogen and oxygen atoms in total. The van der Waals surface area contributed by atoms with Gasteiger partial charge in [0.25, 0.3) is 0 Å².